The lowest BCUT2D eigenvalue weighted by Gasteiger charge is -2.34. The number of likely N-dealkylation sites (N-methyl/N-ethyl adjacent to an activating group) is 1. The second-order valence-electron chi connectivity index (χ2n) is 6.15. The van der Waals surface area contributed by atoms with Crippen molar-refractivity contribution in [2.24, 2.45) is 0 Å². The third-order valence-electron chi connectivity index (χ3n) is 4.12. The van der Waals surface area contributed by atoms with E-state index in [9.17, 15) is 19.2 Å². The molecule has 1 aliphatic carbocycles. The molecule has 3 amide bonds. The van der Waals surface area contributed by atoms with Crippen molar-refractivity contribution in [1.82, 2.24) is 20.4 Å². The molecule has 0 bridgehead atoms. The van der Waals surface area contributed by atoms with E-state index in [0.717, 1.165) is 12.8 Å². The topological polar surface area (TPSA) is 108 Å². The lowest BCUT2D eigenvalue weighted by atomic mass is 10.1. The van der Waals surface area contributed by atoms with E-state index in [2.05, 4.69) is 15.4 Å². The fourth-order valence-electron chi connectivity index (χ4n) is 2.51. The highest BCUT2D eigenvalue weighted by Gasteiger charge is 2.33. The van der Waals surface area contributed by atoms with E-state index in [1.54, 1.807) is 11.9 Å². The Balaban J connectivity index is 1.87. The quantitative estimate of drug-likeness (QED) is 0.524. The minimum atomic E-state index is -0.733. The Hall–Kier alpha value is -2.16. The minimum absolute atomic E-state index is 0.0168. The predicted molar refractivity (Wildman–Crippen MR) is 83.8 cm³/mol. The van der Waals surface area contributed by atoms with Gasteiger partial charge in [-0.1, -0.05) is 0 Å². The molecule has 2 N–H and O–H groups in total. The van der Waals surface area contributed by atoms with Crippen molar-refractivity contribution in [3.63, 3.8) is 0 Å². The fourth-order valence-corrected chi connectivity index (χ4v) is 2.51. The first-order chi connectivity index (χ1) is 11.4. The number of carbonyl (C=O) groups excluding carboxylic acids is 4. The van der Waals surface area contributed by atoms with Crippen LogP contribution >= 0.6 is 0 Å². The summed E-state index contributed by atoms with van der Waals surface area (Å²) < 4.78 is 4.60. The Morgan fingerprint density at radius 1 is 1.38 bits per heavy atom. The second-order valence-corrected chi connectivity index (χ2v) is 6.15. The van der Waals surface area contributed by atoms with E-state index >= 15 is 0 Å². The summed E-state index contributed by atoms with van der Waals surface area (Å²) in [5.41, 5.74) is 0. The Morgan fingerprint density at radius 3 is 2.71 bits per heavy atom. The number of rotatable bonds is 7. The molecule has 9 nitrogen and oxygen atoms in total. The van der Waals surface area contributed by atoms with Crippen LogP contribution in [0.15, 0.2) is 0 Å². The highest BCUT2D eigenvalue weighted by atomic mass is 16.5. The average molecular weight is 340 g/mol. The van der Waals surface area contributed by atoms with Crippen LogP contribution in [0, 0.1) is 0 Å². The van der Waals surface area contributed by atoms with E-state index in [4.69, 9.17) is 0 Å². The van der Waals surface area contributed by atoms with Crippen LogP contribution in [0.1, 0.15) is 19.3 Å². The lowest BCUT2D eigenvalue weighted by molar-refractivity contribution is -0.147. The van der Waals surface area contributed by atoms with Gasteiger partial charge in [-0.15, -0.1) is 0 Å². The van der Waals surface area contributed by atoms with Crippen LogP contribution in [0.25, 0.3) is 0 Å². The maximum Gasteiger partial charge on any atom is 0.307 e. The zero-order valence-electron chi connectivity index (χ0n) is 14.0. The summed E-state index contributed by atoms with van der Waals surface area (Å²) in [5.74, 6) is -1.26. The Labute approximate surface area is 140 Å². The highest BCUT2D eigenvalue weighted by molar-refractivity contribution is 5.89. The van der Waals surface area contributed by atoms with Crippen LogP contribution in [0.5, 0.6) is 0 Å². The van der Waals surface area contributed by atoms with Gasteiger partial charge in [0.25, 0.3) is 0 Å². The largest absolute Gasteiger partial charge is 0.469 e. The molecular weight excluding hydrogens is 316 g/mol. The molecule has 24 heavy (non-hydrogen) atoms. The number of hydrogen-bond acceptors (Lipinski definition) is 6. The molecule has 1 saturated heterocycles. The van der Waals surface area contributed by atoms with E-state index in [0.29, 0.717) is 13.1 Å². The molecule has 2 aliphatic rings. The Kier molecular flexibility index (Phi) is 6.13. The summed E-state index contributed by atoms with van der Waals surface area (Å²) in [4.78, 5) is 50.5. The maximum atomic E-state index is 12.3. The zero-order chi connectivity index (χ0) is 17.7. The summed E-state index contributed by atoms with van der Waals surface area (Å²) in [5, 5.41) is 5.50. The maximum absolute atomic E-state index is 12.3. The molecule has 134 valence electrons. The van der Waals surface area contributed by atoms with Crippen LogP contribution in [-0.2, 0) is 23.9 Å². The third-order valence-corrected chi connectivity index (χ3v) is 4.12. The molecule has 1 heterocycles. The summed E-state index contributed by atoms with van der Waals surface area (Å²) in [6.45, 7) is 0.830. The van der Waals surface area contributed by atoms with Gasteiger partial charge < -0.3 is 20.3 Å². The van der Waals surface area contributed by atoms with Gasteiger partial charge in [0.1, 0.15) is 6.04 Å². The monoisotopic (exact) mass is 340 g/mol. The molecule has 1 aliphatic heterocycles. The molecule has 1 saturated carbocycles. The van der Waals surface area contributed by atoms with Crippen molar-refractivity contribution in [2.75, 3.05) is 40.3 Å². The van der Waals surface area contributed by atoms with Crippen molar-refractivity contribution in [1.29, 1.82) is 0 Å². The van der Waals surface area contributed by atoms with Gasteiger partial charge in [-0.25, -0.2) is 0 Å². The van der Waals surface area contributed by atoms with E-state index in [1.165, 1.54) is 12.0 Å². The van der Waals surface area contributed by atoms with Crippen LogP contribution in [0.4, 0.5) is 0 Å². The van der Waals surface area contributed by atoms with E-state index in [1.807, 2.05) is 0 Å². The van der Waals surface area contributed by atoms with E-state index in [-0.39, 0.29) is 43.3 Å². The number of amides is 3. The molecule has 1 unspecified atom stereocenters. The molecule has 9 heteroatoms. The SMILES string of the molecule is COC(=O)CC1C(=O)NCCN1CC(=O)N(C)CC(=O)NC1CC1. The van der Waals surface area contributed by atoms with Crippen molar-refractivity contribution in [2.45, 2.75) is 31.3 Å². The van der Waals surface area contributed by atoms with Gasteiger partial charge >= 0.3 is 5.97 Å². The molecular formula is C15H24N4O5. The van der Waals surface area contributed by atoms with Gasteiger partial charge in [0.2, 0.25) is 17.7 Å². The number of carbonyl (C=O) groups is 4. The highest BCUT2D eigenvalue weighted by Crippen LogP contribution is 2.18. The summed E-state index contributed by atoms with van der Waals surface area (Å²) in [6.07, 6.45) is 1.87. The van der Waals surface area contributed by atoms with Crippen LogP contribution < -0.4 is 10.6 Å². The normalized spacial score (nSPS) is 20.9. The van der Waals surface area contributed by atoms with Gasteiger partial charge in [-0.3, -0.25) is 24.1 Å². The average Bonchev–Trinajstić information content (AvgIpc) is 3.34. The van der Waals surface area contributed by atoms with Crippen LogP contribution in [-0.4, -0.2) is 85.9 Å². The number of piperazine rings is 1. The molecule has 2 fully saturated rings. The Morgan fingerprint density at radius 2 is 2.08 bits per heavy atom. The number of nitrogens with zero attached hydrogens (tertiary/aromatic N) is 2. The Bertz CT molecular complexity index is 520. The lowest BCUT2D eigenvalue weighted by Crippen LogP contribution is -2.58. The molecule has 0 spiro atoms. The molecule has 0 aromatic rings. The van der Waals surface area contributed by atoms with Gasteiger partial charge in [0.05, 0.1) is 26.6 Å². The summed E-state index contributed by atoms with van der Waals surface area (Å²) >= 11 is 0. The van der Waals surface area contributed by atoms with Crippen LogP contribution in [0.3, 0.4) is 0 Å². The number of methoxy groups -OCH3 is 1. The predicted octanol–water partition coefficient (Wildman–Crippen LogP) is -1.91. The first-order valence-electron chi connectivity index (χ1n) is 8.02. The van der Waals surface area contributed by atoms with Crippen LogP contribution in [0.2, 0.25) is 0 Å². The van der Waals surface area contributed by atoms with Crippen molar-refractivity contribution >= 4 is 23.7 Å². The molecule has 0 aromatic carbocycles. The van der Waals surface area contributed by atoms with Crippen molar-refractivity contribution < 1.29 is 23.9 Å². The van der Waals surface area contributed by atoms with Gasteiger partial charge in [0, 0.05) is 26.2 Å². The number of ether oxygens (including phenoxy) is 1. The summed E-state index contributed by atoms with van der Waals surface area (Å²) in [6, 6.07) is -0.486. The number of esters is 1. The zero-order valence-corrected chi connectivity index (χ0v) is 14.0. The van der Waals surface area contributed by atoms with Gasteiger partial charge in [-0.05, 0) is 12.8 Å². The van der Waals surface area contributed by atoms with Crippen molar-refractivity contribution in [3.05, 3.63) is 0 Å². The van der Waals surface area contributed by atoms with Gasteiger partial charge in [-0.2, -0.15) is 0 Å². The number of hydrogen-bond donors (Lipinski definition) is 2. The fraction of sp³-hybridized carbons (Fsp3) is 0.733. The summed E-state index contributed by atoms with van der Waals surface area (Å²) in [7, 11) is 2.80. The molecule has 1 atom stereocenters. The third kappa shape index (κ3) is 5.19. The van der Waals surface area contributed by atoms with Gasteiger partial charge in [0.15, 0.2) is 0 Å². The van der Waals surface area contributed by atoms with E-state index < -0.39 is 12.0 Å². The first kappa shape index (κ1) is 18.2. The molecule has 2 rings (SSSR count). The first-order valence-corrected chi connectivity index (χ1v) is 8.02. The molecule has 0 radical (unpaired) electrons. The smallest absolute Gasteiger partial charge is 0.307 e. The molecule has 0 aromatic heterocycles. The minimum Gasteiger partial charge on any atom is -0.469 e. The standard InChI is InChI=1S/C15H24N4O5/c1-18(8-12(20)17-10-3-4-10)13(21)9-19-6-5-16-15(23)11(19)7-14(22)24-2/h10-11H,3-9H2,1-2H3,(H,16,23)(H,17,20). The second kappa shape index (κ2) is 8.09. The van der Waals surface area contributed by atoms with Crippen molar-refractivity contribution in [3.8, 4) is 0 Å². The number of nitrogens with one attached hydrogen (secondary N) is 2.